The first-order valence-electron chi connectivity index (χ1n) is 3.53. The molecule has 2 aromatic rings. The lowest BCUT2D eigenvalue weighted by Crippen LogP contribution is -2.01. The van der Waals surface area contributed by atoms with E-state index in [0.29, 0.717) is 0 Å². The van der Waals surface area contributed by atoms with Crippen LogP contribution in [0.2, 0.25) is 0 Å². The van der Waals surface area contributed by atoms with E-state index in [-0.39, 0.29) is 0 Å². The number of fused-ring (bicyclic) bond motifs is 1. The second kappa shape index (κ2) is 2.23. The molecule has 0 unspecified atom stereocenters. The zero-order chi connectivity index (χ0) is 7.68. The van der Waals surface area contributed by atoms with E-state index in [2.05, 4.69) is 4.98 Å². The Kier molecular flexibility index (Phi) is 1.25. The van der Waals surface area contributed by atoms with Crippen LogP contribution in [0, 0.1) is 0 Å². The molecule has 0 saturated carbocycles. The predicted octanol–water partition coefficient (Wildman–Crippen LogP) is 1.24. The molecule has 0 bridgehead atoms. The second-order valence-corrected chi connectivity index (χ2v) is 2.48. The van der Waals surface area contributed by atoms with Crippen LogP contribution >= 0.6 is 0 Å². The number of H-pyrrole nitrogens is 1. The van der Waals surface area contributed by atoms with E-state index in [1.165, 1.54) is 0 Å². The third-order valence-electron chi connectivity index (χ3n) is 1.74. The lowest BCUT2D eigenvalue weighted by molar-refractivity contribution is -0.344. The molecule has 0 aliphatic heterocycles. The molecule has 0 spiro atoms. The number of aromatic amines is 1. The van der Waals surface area contributed by atoms with Gasteiger partial charge in [0.2, 0.25) is 5.52 Å². The lowest BCUT2D eigenvalue weighted by Gasteiger charge is -1.93. The van der Waals surface area contributed by atoms with E-state index in [0.717, 1.165) is 16.6 Å². The zero-order valence-electron chi connectivity index (χ0n) is 6.04. The summed E-state index contributed by atoms with van der Waals surface area (Å²) in [5.41, 5.74) is 7.63. The monoisotopic (exact) mass is 145 g/mol. The number of nitrogens with one attached hydrogen (secondary N) is 1. The summed E-state index contributed by atoms with van der Waals surface area (Å²) in [6.07, 6.45) is 1.89. The number of benzene rings is 1. The Morgan fingerprint density at radius 1 is 1.09 bits per heavy atom. The van der Waals surface area contributed by atoms with Crippen molar-refractivity contribution in [1.82, 2.24) is 0 Å². The van der Waals surface area contributed by atoms with Gasteiger partial charge in [0, 0.05) is 17.8 Å². The number of hydrogen-bond acceptors (Lipinski definition) is 1. The predicted molar refractivity (Wildman–Crippen MR) is 44.9 cm³/mol. The summed E-state index contributed by atoms with van der Waals surface area (Å²) < 4.78 is 0. The smallest absolute Gasteiger partial charge is 0.212 e. The average Bonchev–Trinajstić information content (AvgIpc) is 2.06. The SMILES string of the molecule is Nc1cccc2[nH+]cccc12. The topological polar surface area (TPSA) is 40.2 Å². The molecule has 1 aromatic heterocycles. The quantitative estimate of drug-likeness (QED) is 0.556. The normalized spacial score (nSPS) is 10.2. The Morgan fingerprint density at radius 3 is 2.82 bits per heavy atom. The first-order valence-corrected chi connectivity index (χ1v) is 3.53. The van der Waals surface area contributed by atoms with E-state index in [9.17, 15) is 0 Å². The highest BCUT2D eigenvalue weighted by Gasteiger charge is 1.99. The lowest BCUT2D eigenvalue weighted by atomic mass is 10.2. The van der Waals surface area contributed by atoms with Crippen molar-refractivity contribution in [1.29, 1.82) is 0 Å². The summed E-state index contributed by atoms with van der Waals surface area (Å²) in [5.74, 6) is 0. The van der Waals surface area contributed by atoms with Crippen LogP contribution in [0.15, 0.2) is 36.5 Å². The van der Waals surface area contributed by atoms with Crippen molar-refractivity contribution in [3.63, 3.8) is 0 Å². The van der Waals surface area contributed by atoms with Crippen LogP contribution in [0.3, 0.4) is 0 Å². The number of pyridine rings is 1. The highest BCUT2D eigenvalue weighted by Crippen LogP contribution is 2.15. The first kappa shape index (κ1) is 6.16. The molecule has 0 saturated heterocycles. The second-order valence-electron chi connectivity index (χ2n) is 2.48. The molecule has 11 heavy (non-hydrogen) atoms. The molecule has 2 heteroatoms. The summed E-state index contributed by atoms with van der Waals surface area (Å²) in [7, 11) is 0. The molecule has 0 fully saturated rings. The van der Waals surface area contributed by atoms with Gasteiger partial charge in [0.15, 0.2) is 6.20 Å². The molecule has 0 aliphatic carbocycles. The van der Waals surface area contributed by atoms with Crippen molar-refractivity contribution < 1.29 is 4.98 Å². The molecule has 0 aliphatic rings. The summed E-state index contributed by atoms with van der Waals surface area (Å²) >= 11 is 0. The van der Waals surface area contributed by atoms with Crippen LogP contribution in [-0.4, -0.2) is 0 Å². The van der Waals surface area contributed by atoms with Crippen LogP contribution in [0.1, 0.15) is 0 Å². The molecule has 1 heterocycles. The van der Waals surface area contributed by atoms with Gasteiger partial charge in [-0.3, -0.25) is 0 Å². The summed E-state index contributed by atoms with van der Waals surface area (Å²) in [6, 6.07) is 9.79. The molecule has 2 nitrogen and oxygen atoms in total. The van der Waals surface area contributed by atoms with Gasteiger partial charge >= 0.3 is 0 Å². The number of hydrogen-bond donors (Lipinski definition) is 1. The number of nitrogen functional groups attached to an aromatic ring is 1. The molecule has 0 radical (unpaired) electrons. The van der Waals surface area contributed by atoms with Crippen molar-refractivity contribution in [2.45, 2.75) is 0 Å². The zero-order valence-corrected chi connectivity index (χ0v) is 6.04. The third-order valence-corrected chi connectivity index (χ3v) is 1.74. The van der Waals surface area contributed by atoms with Crippen molar-refractivity contribution in [3.05, 3.63) is 36.5 Å². The molecule has 1 aromatic carbocycles. The fraction of sp³-hybridized carbons (Fsp3) is 0. The molecular formula is C9H9N2+. The van der Waals surface area contributed by atoms with Gasteiger partial charge in [0.05, 0.1) is 5.39 Å². The number of nitrogens with two attached hydrogens (primary N) is 1. The Balaban J connectivity index is 2.91. The summed E-state index contributed by atoms with van der Waals surface area (Å²) in [5, 5.41) is 1.08. The first-order chi connectivity index (χ1) is 5.38. The average molecular weight is 145 g/mol. The van der Waals surface area contributed by atoms with Crippen molar-refractivity contribution >= 4 is 16.6 Å². The Bertz CT molecular complexity index is 377. The van der Waals surface area contributed by atoms with Crippen LogP contribution in [0.25, 0.3) is 10.9 Å². The molecular weight excluding hydrogens is 136 g/mol. The van der Waals surface area contributed by atoms with E-state index >= 15 is 0 Å². The Morgan fingerprint density at radius 2 is 2.00 bits per heavy atom. The van der Waals surface area contributed by atoms with Crippen LogP contribution in [0.5, 0.6) is 0 Å². The number of aromatic nitrogens is 1. The fourth-order valence-corrected chi connectivity index (χ4v) is 1.18. The molecule has 0 atom stereocenters. The van der Waals surface area contributed by atoms with Gasteiger partial charge in [-0.15, -0.1) is 0 Å². The minimum absolute atomic E-state index is 0.819. The van der Waals surface area contributed by atoms with Crippen molar-refractivity contribution in [2.24, 2.45) is 0 Å². The van der Waals surface area contributed by atoms with Crippen LogP contribution < -0.4 is 10.7 Å². The Hall–Kier alpha value is -1.57. The van der Waals surface area contributed by atoms with Gasteiger partial charge in [0.25, 0.3) is 0 Å². The standard InChI is InChI=1S/C9H8N2/c10-8-4-1-5-9-7(8)3-2-6-11-9/h1-6H,10H2/p+1. The minimum atomic E-state index is 0.819. The summed E-state index contributed by atoms with van der Waals surface area (Å²) in [4.78, 5) is 3.11. The summed E-state index contributed by atoms with van der Waals surface area (Å²) in [6.45, 7) is 0. The molecule has 2 rings (SSSR count). The van der Waals surface area contributed by atoms with E-state index in [4.69, 9.17) is 5.73 Å². The van der Waals surface area contributed by atoms with Crippen LogP contribution in [-0.2, 0) is 0 Å². The van der Waals surface area contributed by atoms with E-state index < -0.39 is 0 Å². The van der Waals surface area contributed by atoms with Crippen molar-refractivity contribution in [2.75, 3.05) is 5.73 Å². The molecule has 3 N–H and O–H groups in total. The van der Waals surface area contributed by atoms with Gasteiger partial charge < -0.3 is 5.73 Å². The highest BCUT2D eigenvalue weighted by atomic mass is 14.7. The van der Waals surface area contributed by atoms with Crippen molar-refractivity contribution in [3.8, 4) is 0 Å². The third kappa shape index (κ3) is 0.923. The van der Waals surface area contributed by atoms with E-state index in [1.54, 1.807) is 0 Å². The number of rotatable bonds is 0. The molecule has 54 valence electrons. The maximum Gasteiger partial charge on any atom is 0.212 e. The van der Waals surface area contributed by atoms with Crippen LogP contribution in [0.4, 0.5) is 5.69 Å². The minimum Gasteiger partial charge on any atom is -0.398 e. The maximum atomic E-state index is 5.74. The van der Waals surface area contributed by atoms with E-state index in [1.807, 2.05) is 36.5 Å². The highest BCUT2D eigenvalue weighted by molar-refractivity contribution is 5.87. The van der Waals surface area contributed by atoms with Gasteiger partial charge in [-0.25, -0.2) is 4.98 Å². The van der Waals surface area contributed by atoms with Gasteiger partial charge in [0.1, 0.15) is 0 Å². The number of anilines is 1. The largest absolute Gasteiger partial charge is 0.398 e. The maximum absolute atomic E-state index is 5.74. The fourth-order valence-electron chi connectivity index (χ4n) is 1.18. The van der Waals surface area contributed by atoms with Gasteiger partial charge in [-0.05, 0) is 12.1 Å². The van der Waals surface area contributed by atoms with Gasteiger partial charge in [-0.2, -0.15) is 0 Å². The van der Waals surface area contributed by atoms with Gasteiger partial charge in [-0.1, -0.05) is 6.07 Å². The Labute approximate surface area is 64.7 Å². The molecule has 0 amide bonds.